The van der Waals surface area contributed by atoms with Crippen LogP contribution in [0.25, 0.3) is 0 Å². The maximum atomic E-state index is 11.8. The van der Waals surface area contributed by atoms with Crippen LogP contribution in [0.1, 0.15) is 76.3 Å². The van der Waals surface area contributed by atoms with Crippen molar-refractivity contribution in [3.05, 3.63) is 57.6 Å². The van der Waals surface area contributed by atoms with Gasteiger partial charge >= 0.3 is 45.2 Å². The van der Waals surface area contributed by atoms with Crippen molar-refractivity contribution in [1.82, 2.24) is 0 Å². The SMILES string of the molecule is Cc1cc(Cc2cc(C)cc(C(C)(C)C)c2OP(=O)(O)O)c(OP(=O)(O)O)c(C(C)(C)C)c1.[H-].[Na+]. The van der Waals surface area contributed by atoms with Gasteiger partial charge in [0.25, 0.3) is 0 Å². The van der Waals surface area contributed by atoms with E-state index in [1.807, 2.05) is 67.5 Å². The van der Waals surface area contributed by atoms with E-state index in [1.54, 1.807) is 12.1 Å². The molecule has 4 N–H and O–H groups in total. The van der Waals surface area contributed by atoms with Gasteiger partial charge in [0, 0.05) is 17.5 Å². The van der Waals surface area contributed by atoms with Crippen LogP contribution in [0.4, 0.5) is 0 Å². The van der Waals surface area contributed by atoms with Crippen LogP contribution in [-0.4, -0.2) is 19.6 Å². The molecule has 0 aliphatic rings. The van der Waals surface area contributed by atoms with Crippen LogP contribution in [0.15, 0.2) is 24.3 Å². The van der Waals surface area contributed by atoms with Crippen LogP contribution < -0.4 is 38.6 Å². The minimum absolute atomic E-state index is 0. The molecular formula is C23H35NaO8P2. The first kappa shape index (κ1) is 31.4. The van der Waals surface area contributed by atoms with Gasteiger partial charge in [-0.15, -0.1) is 0 Å². The summed E-state index contributed by atoms with van der Waals surface area (Å²) in [6.45, 7) is 15.2. The fraction of sp³-hybridized carbons (Fsp3) is 0.478. The smallest absolute Gasteiger partial charge is 1.00 e. The van der Waals surface area contributed by atoms with Crippen LogP contribution in [0, 0.1) is 13.8 Å². The molecule has 0 fully saturated rings. The summed E-state index contributed by atoms with van der Waals surface area (Å²) < 4.78 is 33.9. The van der Waals surface area contributed by atoms with Gasteiger partial charge < -0.3 is 10.5 Å². The zero-order chi connectivity index (χ0) is 25.6. The number of benzene rings is 2. The van der Waals surface area contributed by atoms with E-state index >= 15 is 0 Å². The van der Waals surface area contributed by atoms with Crippen LogP contribution in [0.3, 0.4) is 0 Å². The average Bonchev–Trinajstić information content (AvgIpc) is 2.55. The van der Waals surface area contributed by atoms with Gasteiger partial charge in [0.15, 0.2) is 0 Å². The van der Waals surface area contributed by atoms with Crippen molar-refractivity contribution in [2.75, 3.05) is 0 Å². The summed E-state index contributed by atoms with van der Waals surface area (Å²) in [6, 6.07) is 7.14. The van der Waals surface area contributed by atoms with E-state index in [4.69, 9.17) is 9.05 Å². The summed E-state index contributed by atoms with van der Waals surface area (Å²) in [5.41, 5.74) is 2.92. The molecule has 8 nitrogen and oxygen atoms in total. The van der Waals surface area contributed by atoms with Gasteiger partial charge in [-0.25, -0.2) is 9.13 Å². The Morgan fingerprint density at radius 2 is 1.00 bits per heavy atom. The number of hydrogen-bond acceptors (Lipinski definition) is 4. The fourth-order valence-corrected chi connectivity index (χ4v) is 4.64. The number of rotatable bonds is 6. The standard InChI is InChI=1S/C23H34O8P2.Na.H/c1-14-9-16(20(30-32(24,25)26)18(11-14)22(3,4)5)13-17-10-15(2)12-19(23(6,7)8)21(17)31-33(27,28)29;;/h9-12H,13H2,1-8H3,(H2,24,25,26)(H2,27,28,29);;/q;+1;-1. The molecule has 0 aliphatic carbocycles. The van der Waals surface area contributed by atoms with E-state index in [1.165, 1.54) is 0 Å². The first-order chi connectivity index (χ1) is 14.7. The first-order valence-electron chi connectivity index (χ1n) is 10.5. The van der Waals surface area contributed by atoms with Gasteiger partial charge in [0.1, 0.15) is 11.5 Å². The molecule has 34 heavy (non-hydrogen) atoms. The molecule has 2 aromatic carbocycles. The normalized spacial score (nSPS) is 12.8. The van der Waals surface area contributed by atoms with Crippen LogP contribution in [-0.2, 0) is 26.4 Å². The van der Waals surface area contributed by atoms with Crippen LogP contribution in [0.5, 0.6) is 11.5 Å². The third-order valence-electron chi connectivity index (χ3n) is 5.04. The van der Waals surface area contributed by atoms with Gasteiger partial charge in [-0.1, -0.05) is 76.9 Å². The Hall–Kier alpha value is -0.660. The minimum Gasteiger partial charge on any atom is -1.00 e. The third kappa shape index (κ3) is 8.77. The molecule has 11 heteroatoms. The third-order valence-corrected chi connectivity index (χ3v) is 5.88. The van der Waals surface area contributed by atoms with Gasteiger partial charge in [-0.3, -0.25) is 19.6 Å². The van der Waals surface area contributed by atoms with Crippen molar-refractivity contribution < 1.29 is 68.7 Å². The summed E-state index contributed by atoms with van der Waals surface area (Å²) >= 11 is 0. The Balaban J connectivity index is 0.00000578. The van der Waals surface area contributed by atoms with Gasteiger partial charge in [0.05, 0.1) is 0 Å². The summed E-state index contributed by atoms with van der Waals surface area (Å²) in [7, 11) is -9.76. The van der Waals surface area contributed by atoms with Gasteiger partial charge in [-0.05, 0) is 35.8 Å². The molecule has 0 atom stereocenters. The maximum Gasteiger partial charge on any atom is 1.00 e. The quantitative estimate of drug-likeness (QED) is 0.335. The second kappa shape index (κ2) is 10.8. The van der Waals surface area contributed by atoms with Crippen LogP contribution >= 0.6 is 15.6 Å². The molecule has 0 unspecified atom stereocenters. The minimum atomic E-state index is -4.88. The molecule has 0 radical (unpaired) electrons. The van der Waals surface area contributed by atoms with E-state index in [0.717, 1.165) is 11.1 Å². The molecule has 0 heterocycles. The zero-order valence-electron chi connectivity index (χ0n) is 22.3. The van der Waals surface area contributed by atoms with Crippen molar-refractivity contribution in [2.45, 2.75) is 72.6 Å². The van der Waals surface area contributed by atoms with Crippen LogP contribution in [0.2, 0.25) is 0 Å². The van der Waals surface area contributed by atoms with Crippen molar-refractivity contribution in [2.24, 2.45) is 0 Å². The summed E-state index contributed by atoms with van der Waals surface area (Å²) in [6.07, 6.45) is 0.0835. The molecule has 0 amide bonds. The summed E-state index contributed by atoms with van der Waals surface area (Å²) in [4.78, 5) is 38.3. The van der Waals surface area contributed by atoms with E-state index in [2.05, 4.69) is 0 Å². The Bertz CT molecular complexity index is 1050. The predicted octanol–water partition coefficient (Wildman–Crippen LogP) is 2.55. The van der Waals surface area contributed by atoms with E-state index < -0.39 is 26.5 Å². The zero-order valence-corrected chi connectivity index (χ0v) is 25.1. The van der Waals surface area contributed by atoms with Crippen molar-refractivity contribution in [3.8, 4) is 11.5 Å². The molecular weight excluding hydrogens is 489 g/mol. The Labute approximate surface area is 225 Å². The number of hydrogen-bond donors (Lipinski definition) is 4. The molecule has 0 saturated carbocycles. The maximum absolute atomic E-state index is 11.8. The van der Waals surface area contributed by atoms with Crippen molar-refractivity contribution in [3.63, 3.8) is 0 Å². The van der Waals surface area contributed by atoms with Crippen molar-refractivity contribution >= 4 is 15.6 Å². The van der Waals surface area contributed by atoms with E-state index in [-0.39, 0.29) is 48.9 Å². The molecule has 0 bridgehead atoms. The Morgan fingerprint density at radius 3 is 1.24 bits per heavy atom. The Morgan fingerprint density at radius 1 is 0.706 bits per heavy atom. The monoisotopic (exact) mass is 524 g/mol. The molecule has 0 aliphatic heterocycles. The molecule has 0 aromatic heterocycles. The molecule has 2 rings (SSSR count). The average molecular weight is 524 g/mol. The van der Waals surface area contributed by atoms with Gasteiger partial charge in [-0.2, -0.15) is 0 Å². The molecule has 0 saturated heterocycles. The van der Waals surface area contributed by atoms with Crippen molar-refractivity contribution in [1.29, 1.82) is 0 Å². The van der Waals surface area contributed by atoms with Gasteiger partial charge in [0.2, 0.25) is 0 Å². The summed E-state index contributed by atoms with van der Waals surface area (Å²) in [5.74, 6) is 0.116. The topological polar surface area (TPSA) is 134 Å². The molecule has 186 valence electrons. The Kier molecular flexibility index (Phi) is 9.93. The second-order valence-electron chi connectivity index (χ2n) is 10.4. The fourth-order valence-electron chi connectivity index (χ4n) is 3.73. The molecule has 2 aromatic rings. The largest absolute Gasteiger partial charge is 1.00 e. The number of aryl methyl sites for hydroxylation is 2. The summed E-state index contributed by atoms with van der Waals surface area (Å²) in [5, 5.41) is 0. The first-order valence-corrected chi connectivity index (χ1v) is 13.5. The van der Waals surface area contributed by atoms with E-state index in [0.29, 0.717) is 22.3 Å². The predicted molar refractivity (Wildman–Crippen MR) is 129 cm³/mol. The molecule has 0 spiro atoms. The number of phosphoric ester groups is 2. The number of phosphoric acid groups is 2. The van der Waals surface area contributed by atoms with E-state index in [9.17, 15) is 28.7 Å². The second-order valence-corrected chi connectivity index (χ2v) is 12.8.